The van der Waals surface area contributed by atoms with Crippen molar-refractivity contribution in [1.29, 1.82) is 0 Å². The van der Waals surface area contributed by atoms with E-state index in [2.05, 4.69) is 13.8 Å². The molecule has 0 spiro atoms. The van der Waals surface area contributed by atoms with Crippen molar-refractivity contribution in [1.82, 2.24) is 4.90 Å². The first-order valence-corrected chi connectivity index (χ1v) is 15.0. The predicted octanol–water partition coefficient (Wildman–Crippen LogP) is 5.71. The molecule has 0 aliphatic carbocycles. The van der Waals surface area contributed by atoms with Gasteiger partial charge in [-0.1, -0.05) is 76.3 Å². The van der Waals surface area contributed by atoms with Crippen LogP contribution in [-0.4, -0.2) is 49.7 Å². The fraction of sp³-hybridized carbons (Fsp3) is 0.720. The van der Waals surface area contributed by atoms with Gasteiger partial charge in [-0.3, -0.25) is 4.79 Å². The van der Waals surface area contributed by atoms with Crippen LogP contribution in [0.5, 0.6) is 0 Å². The summed E-state index contributed by atoms with van der Waals surface area (Å²) >= 11 is 0. The van der Waals surface area contributed by atoms with Crippen LogP contribution in [0.4, 0.5) is 4.11 Å². The van der Waals surface area contributed by atoms with E-state index in [9.17, 15) is 9.90 Å². The second-order valence-corrected chi connectivity index (χ2v) is 13.4. The molecule has 4 atom stereocenters. The molecule has 6 heteroatoms. The van der Waals surface area contributed by atoms with Crippen LogP contribution in [0.15, 0.2) is 30.3 Å². The van der Waals surface area contributed by atoms with Gasteiger partial charge in [-0.05, 0) is 31.0 Å². The zero-order chi connectivity index (χ0) is 22.9. The molecular formula is C25H42FNO3Si. The van der Waals surface area contributed by atoms with Crippen molar-refractivity contribution in [3.8, 4) is 0 Å². The number of carbonyl (C=O) groups is 1. The van der Waals surface area contributed by atoms with Gasteiger partial charge >= 0.3 is 0 Å². The van der Waals surface area contributed by atoms with E-state index in [1.807, 2.05) is 30.3 Å². The Morgan fingerprint density at radius 1 is 1.13 bits per heavy atom. The van der Waals surface area contributed by atoms with Gasteiger partial charge in [0.15, 0.2) is 0 Å². The highest BCUT2D eigenvalue weighted by Crippen LogP contribution is 2.47. The maximum atomic E-state index is 15.3. The standard InChI is InChI=1S/C25H42FNO3Si/c1-5-6-7-8-12-15-22-20(2)25(31(3,4)26)23(30-22)18-24(29)27(16-17-28)19-21-13-10-9-11-14-21/h9-11,13-14,20,22-23,25,28H,5-8,12,15-19H2,1-4H3/t20-,22+,23-,25+/m0/s1. The number of hydrogen-bond donors (Lipinski definition) is 1. The Bertz CT molecular complexity index is 652. The molecule has 1 aliphatic heterocycles. The molecule has 1 N–H and O–H groups in total. The Labute approximate surface area is 189 Å². The van der Waals surface area contributed by atoms with E-state index in [1.165, 1.54) is 25.7 Å². The summed E-state index contributed by atoms with van der Waals surface area (Å²) in [6.07, 6.45) is 6.80. The second-order valence-electron chi connectivity index (χ2n) is 9.59. The first-order valence-electron chi connectivity index (χ1n) is 12.0. The summed E-state index contributed by atoms with van der Waals surface area (Å²) in [4.78, 5) is 14.8. The minimum Gasteiger partial charge on any atom is -0.395 e. The van der Waals surface area contributed by atoms with E-state index in [4.69, 9.17) is 4.74 Å². The van der Waals surface area contributed by atoms with Gasteiger partial charge in [0.05, 0.1) is 25.2 Å². The molecule has 0 bridgehead atoms. The van der Waals surface area contributed by atoms with Crippen molar-refractivity contribution in [2.75, 3.05) is 13.2 Å². The number of amides is 1. The molecule has 1 amide bonds. The fourth-order valence-electron chi connectivity index (χ4n) is 5.04. The zero-order valence-corrected chi connectivity index (χ0v) is 20.9. The van der Waals surface area contributed by atoms with Crippen LogP contribution >= 0.6 is 0 Å². The molecular weight excluding hydrogens is 409 g/mol. The van der Waals surface area contributed by atoms with E-state index in [1.54, 1.807) is 18.0 Å². The van der Waals surface area contributed by atoms with E-state index >= 15 is 4.11 Å². The number of unbranched alkanes of at least 4 members (excludes halogenated alkanes) is 4. The molecule has 31 heavy (non-hydrogen) atoms. The average Bonchev–Trinajstić information content (AvgIpc) is 3.03. The molecule has 0 unspecified atom stereocenters. The van der Waals surface area contributed by atoms with Crippen LogP contribution in [0.25, 0.3) is 0 Å². The molecule has 1 heterocycles. The van der Waals surface area contributed by atoms with Crippen molar-refractivity contribution in [2.24, 2.45) is 5.92 Å². The number of halogens is 1. The minimum atomic E-state index is -2.99. The van der Waals surface area contributed by atoms with Gasteiger partial charge in [0.1, 0.15) is 0 Å². The monoisotopic (exact) mass is 451 g/mol. The number of nitrogens with zero attached hydrogens (tertiary/aromatic N) is 1. The van der Waals surface area contributed by atoms with Crippen LogP contribution in [0, 0.1) is 5.92 Å². The summed E-state index contributed by atoms with van der Waals surface area (Å²) in [6, 6.07) is 9.77. The van der Waals surface area contributed by atoms with Crippen LogP contribution in [0.2, 0.25) is 18.6 Å². The average molecular weight is 452 g/mol. The number of rotatable bonds is 13. The highest BCUT2D eigenvalue weighted by molar-refractivity contribution is 6.72. The summed E-state index contributed by atoms with van der Waals surface area (Å²) in [5.74, 6) is 0.0676. The SMILES string of the molecule is CCCCCCC[C@H]1O[C@@H](CC(=O)N(CCO)Cc2ccccc2)[C@H]([Si](C)(C)F)[C@H]1C. The maximum absolute atomic E-state index is 15.3. The molecule has 0 saturated carbocycles. The molecule has 2 rings (SSSR count). The molecule has 1 aromatic carbocycles. The van der Waals surface area contributed by atoms with Crippen molar-refractivity contribution in [2.45, 2.75) is 96.2 Å². The van der Waals surface area contributed by atoms with Gasteiger partial charge in [0.25, 0.3) is 0 Å². The molecule has 1 fully saturated rings. The van der Waals surface area contributed by atoms with Crippen LogP contribution in [-0.2, 0) is 16.1 Å². The minimum absolute atomic E-state index is 0.0346. The topological polar surface area (TPSA) is 49.8 Å². The predicted molar refractivity (Wildman–Crippen MR) is 127 cm³/mol. The Morgan fingerprint density at radius 2 is 1.81 bits per heavy atom. The third-order valence-electron chi connectivity index (χ3n) is 6.60. The van der Waals surface area contributed by atoms with E-state index in [0.29, 0.717) is 6.54 Å². The normalized spacial score (nSPS) is 23.8. The molecule has 1 aliphatic rings. The van der Waals surface area contributed by atoms with E-state index < -0.39 is 8.41 Å². The van der Waals surface area contributed by atoms with Gasteiger partial charge in [-0.15, -0.1) is 0 Å². The number of ether oxygens (including phenoxy) is 1. The Kier molecular flexibility index (Phi) is 10.7. The largest absolute Gasteiger partial charge is 0.395 e. The number of carbonyl (C=O) groups excluding carboxylic acids is 1. The smallest absolute Gasteiger partial charge is 0.246 e. The number of aliphatic hydroxyl groups is 1. The molecule has 0 radical (unpaired) electrons. The lowest BCUT2D eigenvalue weighted by Gasteiger charge is -2.30. The Morgan fingerprint density at radius 3 is 2.42 bits per heavy atom. The molecule has 0 aromatic heterocycles. The lowest BCUT2D eigenvalue weighted by molar-refractivity contribution is -0.135. The third-order valence-corrected chi connectivity index (χ3v) is 9.09. The number of hydrogen-bond acceptors (Lipinski definition) is 3. The van der Waals surface area contributed by atoms with Crippen molar-refractivity contribution in [3.05, 3.63) is 35.9 Å². The molecule has 1 aromatic rings. The van der Waals surface area contributed by atoms with Crippen molar-refractivity contribution >= 4 is 14.3 Å². The van der Waals surface area contributed by atoms with Crippen molar-refractivity contribution in [3.63, 3.8) is 0 Å². The zero-order valence-electron chi connectivity index (χ0n) is 19.9. The number of aliphatic hydroxyl groups excluding tert-OH is 1. The number of benzene rings is 1. The van der Waals surface area contributed by atoms with Gasteiger partial charge in [-0.25, -0.2) is 0 Å². The molecule has 4 nitrogen and oxygen atoms in total. The van der Waals surface area contributed by atoms with E-state index in [-0.39, 0.29) is 49.1 Å². The lowest BCUT2D eigenvalue weighted by Crippen LogP contribution is -2.40. The van der Waals surface area contributed by atoms with E-state index in [0.717, 1.165) is 18.4 Å². The van der Waals surface area contributed by atoms with Crippen molar-refractivity contribution < 1.29 is 18.7 Å². The summed E-state index contributed by atoms with van der Waals surface area (Å²) in [5, 5.41) is 9.47. The lowest BCUT2D eigenvalue weighted by atomic mass is 9.95. The maximum Gasteiger partial charge on any atom is 0.246 e. The van der Waals surface area contributed by atoms with Crippen LogP contribution in [0.3, 0.4) is 0 Å². The summed E-state index contributed by atoms with van der Waals surface area (Å²) < 4.78 is 21.7. The van der Waals surface area contributed by atoms with Crippen LogP contribution < -0.4 is 0 Å². The van der Waals surface area contributed by atoms with Gasteiger partial charge in [0, 0.05) is 18.6 Å². The van der Waals surface area contributed by atoms with Gasteiger partial charge in [0.2, 0.25) is 14.3 Å². The summed E-state index contributed by atoms with van der Waals surface area (Å²) in [6.45, 7) is 8.44. The Balaban J connectivity index is 2.03. The van der Waals surface area contributed by atoms with Gasteiger partial charge in [-0.2, -0.15) is 0 Å². The van der Waals surface area contributed by atoms with Crippen LogP contribution in [0.1, 0.15) is 64.4 Å². The fourth-order valence-corrected chi connectivity index (χ4v) is 7.59. The quantitative estimate of drug-likeness (QED) is 0.237. The highest BCUT2D eigenvalue weighted by Gasteiger charge is 2.51. The second kappa shape index (κ2) is 12.7. The first-order chi connectivity index (χ1) is 14.8. The van der Waals surface area contributed by atoms with Gasteiger partial charge < -0.3 is 18.9 Å². The highest BCUT2D eigenvalue weighted by atomic mass is 28.4. The summed E-state index contributed by atoms with van der Waals surface area (Å²) in [7, 11) is -2.99. The first kappa shape index (κ1) is 26.0. The summed E-state index contributed by atoms with van der Waals surface area (Å²) in [5.41, 5.74) is 0.844. The third kappa shape index (κ3) is 7.99. The molecule has 176 valence electrons. The molecule has 1 saturated heterocycles. The Hall–Kier alpha value is -1.24.